The van der Waals surface area contributed by atoms with Gasteiger partial charge in [0, 0.05) is 24.9 Å². The number of phenols is 1. The van der Waals surface area contributed by atoms with E-state index in [0.717, 1.165) is 16.8 Å². The molecule has 2 aromatic carbocycles. The van der Waals surface area contributed by atoms with Gasteiger partial charge in [0.2, 0.25) is 0 Å². The maximum absolute atomic E-state index is 9.81. The van der Waals surface area contributed by atoms with Crippen LogP contribution in [0.5, 0.6) is 11.5 Å². The molecule has 2 rings (SSSR count). The molecular weight excluding hydrogens is 334 g/mol. The first-order valence-corrected chi connectivity index (χ1v) is 7.31. The highest BCUT2D eigenvalue weighted by Crippen LogP contribution is 2.35. The molecule has 0 bridgehead atoms. The molecule has 0 aliphatic carbocycles. The van der Waals surface area contributed by atoms with E-state index < -0.39 is 0 Å². The molecule has 0 atom stereocenters. The van der Waals surface area contributed by atoms with E-state index in [1.54, 1.807) is 7.11 Å². The minimum atomic E-state index is 0.112. The van der Waals surface area contributed by atoms with Gasteiger partial charge in [0.1, 0.15) is 0 Å². The van der Waals surface area contributed by atoms with E-state index in [-0.39, 0.29) is 5.75 Å². The molecule has 21 heavy (non-hydrogen) atoms. The van der Waals surface area contributed by atoms with E-state index in [1.807, 2.05) is 36.4 Å². The maximum Gasteiger partial charge on any atom is 0.172 e. The van der Waals surface area contributed by atoms with Crippen molar-refractivity contribution in [2.45, 2.75) is 13.2 Å². The van der Waals surface area contributed by atoms with Gasteiger partial charge in [-0.05, 0) is 39.7 Å². The van der Waals surface area contributed by atoms with Crippen molar-refractivity contribution >= 4 is 21.6 Å². The summed E-state index contributed by atoms with van der Waals surface area (Å²) in [6, 6.07) is 11.7. The van der Waals surface area contributed by atoms with E-state index in [2.05, 4.69) is 21.2 Å². The Balaban J connectivity index is 2.15. The highest BCUT2D eigenvalue weighted by Gasteiger charge is 2.09. The van der Waals surface area contributed by atoms with Crippen LogP contribution in [0.25, 0.3) is 0 Å². The summed E-state index contributed by atoms with van der Waals surface area (Å²) >= 11 is 3.33. The fourth-order valence-electron chi connectivity index (χ4n) is 2.06. The molecule has 0 fully saturated rings. The summed E-state index contributed by atoms with van der Waals surface area (Å²) in [5, 5.41) is 13.2. The molecule has 5 heteroatoms. The van der Waals surface area contributed by atoms with E-state index in [9.17, 15) is 5.11 Å². The first-order chi connectivity index (χ1) is 10.2. The van der Waals surface area contributed by atoms with Crippen LogP contribution in [-0.4, -0.2) is 19.3 Å². The number of phenolic OH excluding ortho intramolecular Hbond substituents is 1. The zero-order chi connectivity index (χ0) is 15.2. The topological polar surface area (TPSA) is 50.7 Å². The molecule has 0 amide bonds. The quantitative estimate of drug-likeness (QED) is 0.827. The third-order valence-electron chi connectivity index (χ3n) is 3.11. The summed E-state index contributed by atoms with van der Waals surface area (Å²) in [4.78, 5) is 0. The van der Waals surface area contributed by atoms with Crippen LogP contribution in [0.2, 0.25) is 0 Å². The van der Waals surface area contributed by atoms with E-state index in [1.165, 1.54) is 7.11 Å². The monoisotopic (exact) mass is 351 g/mol. The molecule has 0 radical (unpaired) electrons. The van der Waals surface area contributed by atoms with Crippen molar-refractivity contribution in [1.82, 2.24) is 0 Å². The van der Waals surface area contributed by atoms with Crippen molar-refractivity contribution in [1.29, 1.82) is 0 Å². The highest BCUT2D eigenvalue weighted by molar-refractivity contribution is 9.10. The molecule has 2 N–H and O–H groups in total. The lowest BCUT2D eigenvalue weighted by molar-refractivity contribution is 0.185. The Bertz CT molecular complexity index is 616. The normalized spacial score (nSPS) is 10.4. The number of aromatic hydroxyl groups is 1. The standard InChI is InChI=1S/C16H18BrNO3/c1-20-10-12-5-3-4-6-14(12)18-9-11-7-13(17)16(19)15(8-11)21-2/h3-8,18-19H,9-10H2,1-2H3. The maximum atomic E-state index is 9.81. The van der Waals surface area contributed by atoms with Crippen LogP contribution < -0.4 is 10.1 Å². The lowest BCUT2D eigenvalue weighted by atomic mass is 10.1. The molecule has 0 spiro atoms. The van der Waals surface area contributed by atoms with Crippen LogP contribution in [0.15, 0.2) is 40.9 Å². The van der Waals surface area contributed by atoms with Gasteiger partial charge in [0.15, 0.2) is 11.5 Å². The Hall–Kier alpha value is -1.72. The van der Waals surface area contributed by atoms with Crippen LogP contribution in [0.3, 0.4) is 0 Å². The molecule has 4 nitrogen and oxygen atoms in total. The minimum Gasteiger partial charge on any atom is -0.503 e. The number of para-hydroxylation sites is 1. The van der Waals surface area contributed by atoms with Crippen LogP contribution in [0, 0.1) is 0 Å². The smallest absolute Gasteiger partial charge is 0.172 e. The van der Waals surface area contributed by atoms with Gasteiger partial charge in [-0.2, -0.15) is 0 Å². The highest BCUT2D eigenvalue weighted by atomic mass is 79.9. The molecule has 0 saturated carbocycles. The zero-order valence-corrected chi connectivity index (χ0v) is 13.6. The Kier molecular flexibility index (Phi) is 5.47. The molecule has 112 valence electrons. The third kappa shape index (κ3) is 3.89. The van der Waals surface area contributed by atoms with E-state index in [0.29, 0.717) is 23.4 Å². The summed E-state index contributed by atoms with van der Waals surface area (Å²) in [5.74, 6) is 0.562. The second-order valence-electron chi connectivity index (χ2n) is 4.57. The Morgan fingerprint density at radius 1 is 1.19 bits per heavy atom. The predicted molar refractivity (Wildman–Crippen MR) is 86.8 cm³/mol. The van der Waals surface area contributed by atoms with Gasteiger partial charge in [-0.15, -0.1) is 0 Å². The minimum absolute atomic E-state index is 0.112. The Morgan fingerprint density at radius 2 is 1.95 bits per heavy atom. The number of hydrogen-bond donors (Lipinski definition) is 2. The molecule has 0 aliphatic heterocycles. The van der Waals surface area contributed by atoms with Gasteiger partial charge in [0.05, 0.1) is 18.2 Å². The van der Waals surface area contributed by atoms with Gasteiger partial charge < -0.3 is 19.9 Å². The predicted octanol–water partition coefficient (Wildman–Crippen LogP) is 3.92. The summed E-state index contributed by atoms with van der Waals surface area (Å²) in [5.41, 5.74) is 3.14. The fourth-order valence-corrected chi connectivity index (χ4v) is 2.55. The number of nitrogens with one attached hydrogen (secondary N) is 1. The first kappa shape index (κ1) is 15.7. The van der Waals surface area contributed by atoms with Gasteiger partial charge in [-0.25, -0.2) is 0 Å². The number of anilines is 1. The molecular formula is C16H18BrNO3. The zero-order valence-electron chi connectivity index (χ0n) is 12.0. The third-order valence-corrected chi connectivity index (χ3v) is 3.71. The number of halogens is 1. The molecule has 0 heterocycles. The van der Waals surface area contributed by atoms with E-state index >= 15 is 0 Å². The molecule has 0 aromatic heterocycles. The van der Waals surface area contributed by atoms with Crippen molar-refractivity contribution < 1.29 is 14.6 Å². The van der Waals surface area contributed by atoms with E-state index in [4.69, 9.17) is 9.47 Å². The van der Waals surface area contributed by atoms with Crippen molar-refractivity contribution in [2.24, 2.45) is 0 Å². The lowest BCUT2D eigenvalue weighted by Gasteiger charge is -2.13. The van der Waals surface area contributed by atoms with Crippen molar-refractivity contribution in [3.05, 3.63) is 52.0 Å². The first-order valence-electron chi connectivity index (χ1n) is 6.51. The van der Waals surface area contributed by atoms with Gasteiger partial charge in [-0.1, -0.05) is 18.2 Å². The number of ether oxygens (including phenoxy) is 2. The largest absolute Gasteiger partial charge is 0.503 e. The average Bonchev–Trinajstić information content (AvgIpc) is 2.50. The summed E-state index contributed by atoms with van der Waals surface area (Å²) in [7, 11) is 3.21. The van der Waals surface area contributed by atoms with Crippen LogP contribution >= 0.6 is 15.9 Å². The second-order valence-corrected chi connectivity index (χ2v) is 5.43. The number of hydrogen-bond acceptors (Lipinski definition) is 4. The average molecular weight is 352 g/mol. The summed E-state index contributed by atoms with van der Waals surface area (Å²) in [6.45, 7) is 1.18. The summed E-state index contributed by atoms with van der Waals surface area (Å²) in [6.07, 6.45) is 0. The SMILES string of the molecule is COCc1ccccc1NCc1cc(Br)c(O)c(OC)c1. The number of benzene rings is 2. The lowest BCUT2D eigenvalue weighted by Crippen LogP contribution is -2.03. The molecule has 2 aromatic rings. The Morgan fingerprint density at radius 3 is 2.67 bits per heavy atom. The van der Waals surface area contributed by atoms with Gasteiger partial charge in [0.25, 0.3) is 0 Å². The fraction of sp³-hybridized carbons (Fsp3) is 0.250. The number of methoxy groups -OCH3 is 2. The molecule has 0 unspecified atom stereocenters. The number of rotatable bonds is 6. The Labute approximate surface area is 132 Å². The van der Waals surface area contributed by atoms with Crippen molar-refractivity contribution in [3.63, 3.8) is 0 Å². The van der Waals surface area contributed by atoms with Crippen LogP contribution in [0.4, 0.5) is 5.69 Å². The van der Waals surface area contributed by atoms with Crippen molar-refractivity contribution in [3.8, 4) is 11.5 Å². The van der Waals surface area contributed by atoms with Crippen LogP contribution in [-0.2, 0) is 17.9 Å². The summed E-state index contributed by atoms with van der Waals surface area (Å²) < 4.78 is 11.0. The van der Waals surface area contributed by atoms with Crippen LogP contribution in [0.1, 0.15) is 11.1 Å². The second kappa shape index (κ2) is 7.33. The molecule has 0 aliphatic rings. The van der Waals surface area contributed by atoms with Gasteiger partial charge in [-0.3, -0.25) is 0 Å². The van der Waals surface area contributed by atoms with Gasteiger partial charge >= 0.3 is 0 Å². The molecule has 0 saturated heterocycles. The van der Waals surface area contributed by atoms with Crippen molar-refractivity contribution in [2.75, 3.05) is 19.5 Å².